The molecule has 6 rings (SSSR count). The molecule has 49 heavy (non-hydrogen) atoms. The first-order valence-corrected chi connectivity index (χ1v) is 17.9. The zero-order valence-electron chi connectivity index (χ0n) is 27.0. The van der Waals surface area contributed by atoms with E-state index in [0.29, 0.717) is 66.1 Å². The van der Waals surface area contributed by atoms with Crippen LogP contribution in [0, 0.1) is 6.92 Å². The Kier molecular flexibility index (Phi) is 10.1. The molecule has 16 heteroatoms. The quantitative estimate of drug-likeness (QED) is 0.0647. The minimum atomic E-state index is -0.891. The number of fused-ring (bicyclic) bond motifs is 2. The second kappa shape index (κ2) is 13.9. The molecule has 0 saturated carbocycles. The van der Waals surface area contributed by atoms with E-state index in [1.54, 1.807) is 17.1 Å². The van der Waals surface area contributed by atoms with Crippen LogP contribution in [0.5, 0.6) is 0 Å². The van der Waals surface area contributed by atoms with Crippen LogP contribution < -0.4 is 11.5 Å². The van der Waals surface area contributed by atoms with E-state index in [0.717, 1.165) is 29.7 Å². The van der Waals surface area contributed by atoms with Gasteiger partial charge in [0.25, 0.3) is 5.91 Å². The van der Waals surface area contributed by atoms with Crippen LogP contribution in [0.3, 0.4) is 0 Å². The predicted octanol–water partition coefficient (Wildman–Crippen LogP) is 5.70. The van der Waals surface area contributed by atoms with Gasteiger partial charge in [-0.2, -0.15) is 10.2 Å². The number of Topliss-reactive ketones (excluding diaryl/α,β-unsaturated/α-hetero) is 1. The monoisotopic (exact) mass is 751 g/mol. The van der Waals surface area contributed by atoms with Crippen molar-refractivity contribution in [1.82, 2.24) is 34.8 Å². The summed E-state index contributed by atoms with van der Waals surface area (Å²) in [6, 6.07) is 3.57. The molecule has 2 fully saturated rings. The highest BCUT2D eigenvalue weighted by molar-refractivity contribution is 7.87. The molecule has 2 aliphatic heterocycles. The number of hydrogen-bond acceptors (Lipinski definition) is 13. The lowest BCUT2D eigenvalue weighted by Crippen LogP contribution is -2.58. The van der Waals surface area contributed by atoms with Crippen molar-refractivity contribution >= 4 is 80.7 Å². The molecule has 1 amide bonds. The zero-order valence-corrected chi connectivity index (χ0v) is 31.5. The number of carbonyl (C=O) groups excluding carboxylic acids is 2. The summed E-state index contributed by atoms with van der Waals surface area (Å²) in [7, 11) is 0. The maximum absolute atomic E-state index is 13.5. The summed E-state index contributed by atoms with van der Waals surface area (Å²) in [5, 5.41) is 11.1. The molecule has 0 aliphatic carbocycles. The number of nitrogens with one attached hydrogen (secondary N) is 1. The molecular formula is C33H37N9O2S5. The van der Waals surface area contributed by atoms with E-state index in [1.165, 1.54) is 13.3 Å². The molecule has 2 bridgehead atoms. The lowest BCUT2D eigenvalue weighted by atomic mass is 9.73. The van der Waals surface area contributed by atoms with Crippen LogP contribution in [0.1, 0.15) is 62.3 Å². The van der Waals surface area contributed by atoms with Crippen molar-refractivity contribution in [2.75, 3.05) is 0 Å². The van der Waals surface area contributed by atoms with E-state index in [9.17, 15) is 9.59 Å². The predicted molar refractivity (Wildman–Crippen MR) is 204 cm³/mol. The van der Waals surface area contributed by atoms with Crippen molar-refractivity contribution in [1.29, 1.82) is 0 Å². The molecule has 5 N–H and O–H groups in total. The van der Waals surface area contributed by atoms with Gasteiger partial charge < -0.3 is 16.4 Å². The van der Waals surface area contributed by atoms with Gasteiger partial charge in [-0.25, -0.2) is 9.67 Å². The highest BCUT2D eigenvalue weighted by Crippen LogP contribution is 2.46. The van der Waals surface area contributed by atoms with Crippen LogP contribution in [0.2, 0.25) is 0 Å². The number of piperidine rings is 1. The Labute approximate surface area is 311 Å². The van der Waals surface area contributed by atoms with E-state index in [-0.39, 0.29) is 35.4 Å². The van der Waals surface area contributed by atoms with Crippen molar-refractivity contribution in [3.8, 4) is 22.4 Å². The number of aromatic nitrogens is 6. The summed E-state index contributed by atoms with van der Waals surface area (Å²) in [6.45, 7) is 5.38. The van der Waals surface area contributed by atoms with Gasteiger partial charge in [-0.15, -0.1) is 63.1 Å². The smallest absolute Gasteiger partial charge is 0.291 e. The molecule has 5 heterocycles. The number of H-pyrrole nitrogens is 1. The van der Waals surface area contributed by atoms with Gasteiger partial charge in [0.05, 0.1) is 23.2 Å². The number of pyridine rings is 1. The van der Waals surface area contributed by atoms with Crippen LogP contribution in [-0.4, -0.2) is 64.2 Å². The third-order valence-electron chi connectivity index (χ3n) is 9.43. The second-order valence-corrected chi connectivity index (χ2v) is 14.7. The standard InChI is InChI=1S/C33H37N9O2S5/c1-4-5-21(33(35)10-18-7-8-19(11-33)41(18)32(44)31-37-14-38-40-31)23(16(3)43)30(34)42-15(2)20(13-39-42)17-6-9-22(36-12-17)24-25(45)27(47)29(49)28(48)26(24)46/h5-6,9,12-14,18-19,45-49H,4,7-8,10-11,34-35H2,1-3H3,(H,37,38,40)/b21-5-,30-23-. The van der Waals surface area contributed by atoms with Gasteiger partial charge in [0.15, 0.2) is 5.78 Å². The van der Waals surface area contributed by atoms with Crippen molar-refractivity contribution in [2.45, 2.75) is 95.0 Å². The number of aromatic amines is 1. The molecule has 4 aromatic rings. The number of nitrogens with zero attached hydrogens (tertiary/aromatic N) is 6. The topological polar surface area (TPSA) is 162 Å². The van der Waals surface area contributed by atoms with E-state index >= 15 is 0 Å². The Bertz CT molecular complexity index is 1980. The SMILES string of the molecule is CC/C=C(/C(C(C)=O)=C(/N)n1ncc(-c2ccc(-c3c(S)c(S)c(S)c(S)c3S)nc2)c1C)C1(N)CC2CCC(C1)N2C(=O)c1ncn[nH]1. The van der Waals surface area contributed by atoms with Crippen molar-refractivity contribution in [2.24, 2.45) is 11.5 Å². The van der Waals surface area contributed by atoms with Crippen LogP contribution in [0.15, 0.2) is 72.6 Å². The van der Waals surface area contributed by atoms with E-state index in [1.807, 2.05) is 37.0 Å². The molecule has 2 atom stereocenters. The molecule has 2 aliphatic rings. The average molecular weight is 752 g/mol. The number of benzene rings is 1. The summed E-state index contributed by atoms with van der Waals surface area (Å²) in [6.07, 6.45) is 9.95. The number of hydrogen-bond donors (Lipinski definition) is 8. The summed E-state index contributed by atoms with van der Waals surface area (Å²) >= 11 is 22.9. The van der Waals surface area contributed by atoms with Gasteiger partial charge in [-0.3, -0.25) is 19.7 Å². The first-order chi connectivity index (χ1) is 23.3. The lowest BCUT2D eigenvalue weighted by molar-refractivity contribution is -0.113. The molecule has 0 radical (unpaired) electrons. The summed E-state index contributed by atoms with van der Waals surface area (Å²) in [4.78, 5) is 40.4. The normalized spacial score (nSPS) is 21.2. The Balaban J connectivity index is 1.34. The fourth-order valence-corrected chi connectivity index (χ4v) is 8.91. The van der Waals surface area contributed by atoms with E-state index < -0.39 is 5.54 Å². The minimum Gasteiger partial charge on any atom is -0.383 e. The molecule has 0 spiro atoms. The molecular weight excluding hydrogens is 715 g/mol. The third kappa shape index (κ3) is 6.24. The number of allylic oxidation sites excluding steroid dienone is 1. The Morgan fingerprint density at radius 2 is 1.63 bits per heavy atom. The van der Waals surface area contributed by atoms with Gasteiger partial charge in [0, 0.05) is 65.0 Å². The van der Waals surface area contributed by atoms with E-state index in [2.05, 4.69) is 83.4 Å². The minimum absolute atomic E-state index is 0.114. The molecule has 2 unspecified atom stereocenters. The highest BCUT2D eigenvalue weighted by Gasteiger charge is 2.51. The van der Waals surface area contributed by atoms with Crippen LogP contribution in [-0.2, 0) is 4.79 Å². The Morgan fingerprint density at radius 3 is 2.16 bits per heavy atom. The Morgan fingerprint density at radius 1 is 1.00 bits per heavy atom. The fourth-order valence-electron chi connectivity index (χ4n) is 7.21. The maximum Gasteiger partial charge on any atom is 0.291 e. The molecule has 3 aromatic heterocycles. The molecule has 1 aromatic carbocycles. The van der Waals surface area contributed by atoms with Gasteiger partial charge in [0.2, 0.25) is 5.82 Å². The largest absolute Gasteiger partial charge is 0.383 e. The number of carbonyl (C=O) groups is 2. The zero-order chi connectivity index (χ0) is 35.4. The average Bonchev–Trinajstić information content (AvgIpc) is 3.81. The summed E-state index contributed by atoms with van der Waals surface area (Å²) < 4.78 is 1.58. The van der Waals surface area contributed by atoms with Crippen LogP contribution >= 0.6 is 63.1 Å². The number of nitrogens with two attached hydrogens (primary N) is 2. The molecule has 2 saturated heterocycles. The number of amides is 1. The molecule has 11 nitrogen and oxygen atoms in total. The van der Waals surface area contributed by atoms with Crippen molar-refractivity contribution < 1.29 is 9.59 Å². The number of rotatable bonds is 8. The highest BCUT2D eigenvalue weighted by atomic mass is 32.1. The molecule has 256 valence electrons. The van der Waals surface area contributed by atoms with E-state index in [4.69, 9.17) is 16.5 Å². The Hall–Kier alpha value is -3.15. The van der Waals surface area contributed by atoms with Gasteiger partial charge in [-0.1, -0.05) is 19.1 Å². The maximum atomic E-state index is 13.5. The lowest BCUT2D eigenvalue weighted by Gasteiger charge is -2.46. The van der Waals surface area contributed by atoms with Crippen molar-refractivity contribution in [3.05, 3.63) is 59.6 Å². The first-order valence-electron chi connectivity index (χ1n) is 15.7. The summed E-state index contributed by atoms with van der Waals surface area (Å²) in [5.74, 6) is -0.0197. The number of thiol groups is 5. The van der Waals surface area contributed by atoms with Crippen LogP contribution in [0.25, 0.3) is 28.2 Å². The van der Waals surface area contributed by atoms with Gasteiger partial charge in [0.1, 0.15) is 12.1 Å². The fraction of sp³-hybridized carbons (Fsp3) is 0.333. The third-order valence-corrected chi connectivity index (χ3v) is 12.4. The first kappa shape index (κ1) is 35.7. The van der Waals surface area contributed by atoms with Gasteiger partial charge in [-0.05, 0) is 57.6 Å². The van der Waals surface area contributed by atoms with Crippen molar-refractivity contribution in [3.63, 3.8) is 0 Å². The second-order valence-electron chi connectivity index (χ2n) is 12.4. The summed E-state index contributed by atoms with van der Waals surface area (Å²) in [5.41, 5.74) is 17.9. The number of ketones is 1. The van der Waals surface area contributed by atoms with Gasteiger partial charge >= 0.3 is 0 Å². The van der Waals surface area contributed by atoms with Crippen LogP contribution in [0.4, 0.5) is 0 Å².